The fraction of sp³-hybridized carbons (Fsp3) is 0.238. The van der Waals surface area contributed by atoms with E-state index in [1.54, 1.807) is 30.3 Å². The molecule has 2 aliphatic heterocycles. The molecular weight excluding hydrogens is 393 g/mol. The van der Waals surface area contributed by atoms with Gasteiger partial charge >= 0.3 is 5.97 Å². The highest BCUT2D eigenvalue weighted by molar-refractivity contribution is 6.15. The minimum absolute atomic E-state index is 0.0379. The van der Waals surface area contributed by atoms with Gasteiger partial charge in [-0.3, -0.25) is 19.3 Å². The van der Waals surface area contributed by atoms with Gasteiger partial charge in [-0.2, -0.15) is 0 Å². The maximum Gasteiger partial charge on any atom is 0.354 e. The molecule has 1 atom stereocenters. The Morgan fingerprint density at radius 1 is 1.13 bits per heavy atom. The van der Waals surface area contributed by atoms with Crippen LogP contribution in [0.3, 0.4) is 0 Å². The third-order valence-corrected chi connectivity index (χ3v) is 5.35. The van der Waals surface area contributed by atoms with Crippen LogP contribution in [0.25, 0.3) is 0 Å². The molecule has 1 saturated heterocycles. The molecule has 2 heterocycles. The number of esters is 1. The first-order valence-corrected chi connectivity index (χ1v) is 9.28. The van der Waals surface area contributed by atoms with Gasteiger partial charge < -0.3 is 15.0 Å². The van der Waals surface area contributed by atoms with Crippen LogP contribution in [-0.2, 0) is 19.1 Å². The molecule has 2 aromatic rings. The van der Waals surface area contributed by atoms with E-state index >= 15 is 0 Å². The van der Waals surface area contributed by atoms with Gasteiger partial charge in [-0.1, -0.05) is 24.3 Å². The second kappa shape index (κ2) is 7.25. The zero-order valence-corrected chi connectivity index (χ0v) is 16.1. The SMILES string of the molecule is CN1C(=O)c2ccccc2N2C(=O)CC[C@@]12C(=O)OCC(=O)Nc1ccccc1F. The molecule has 2 aliphatic rings. The number of carbonyl (C=O) groups excluding carboxylic acids is 4. The number of para-hydroxylation sites is 2. The molecule has 9 heteroatoms. The number of hydrogen-bond acceptors (Lipinski definition) is 5. The molecule has 1 fully saturated rings. The number of rotatable bonds is 4. The lowest BCUT2D eigenvalue weighted by Gasteiger charge is -2.46. The number of benzene rings is 2. The standard InChI is InChI=1S/C21H18FN3O5/c1-24-19(28)13-6-2-5-9-16(13)25-18(27)10-11-21(24,25)20(29)30-12-17(26)23-15-8-4-3-7-14(15)22/h2-9H,10-12H2,1H3,(H,23,26)/t21-/m1/s1. The molecule has 154 valence electrons. The summed E-state index contributed by atoms with van der Waals surface area (Å²) in [7, 11) is 1.42. The van der Waals surface area contributed by atoms with Crippen LogP contribution in [0.5, 0.6) is 0 Å². The maximum atomic E-state index is 13.7. The van der Waals surface area contributed by atoms with Crippen molar-refractivity contribution in [2.75, 3.05) is 23.9 Å². The van der Waals surface area contributed by atoms with Crippen molar-refractivity contribution in [3.05, 3.63) is 59.9 Å². The number of fused-ring (bicyclic) bond motifs is 3. The predicted octanol–water partition coefficient (Wildman–Crippen LogP) is 1.92. The second-order valence-electron chi connectivity index (χ2n) is 7.03. The van der Waals surface area contributed by atoms with Gasteiger partial charge in [0.2, 0.25) is 11.6 Å². The molecule has 0 bridgehead atoms. The van der Waals surface area contributed by atoms with Crippen LogP contribution in [0.15, 0.2) is 48.5 Å². The van der Waals surface area contributed by atoms with E-state index in [1.807, 2.05) is 0 Å². The Morgan fingerprint density at radius 3 is 2.60 bits per heavy atom. The van der Waals surface area contributed by atoms with E-state index in [0.717, 1.165) is 0 Å². The van der Waals surface area contributed by atoms with Crippen molar-refractivity contribution in [2.24, 2.45) is 0 Å². The van der Waals surface area contributed by atoms with Gasteiger partial charge in [0.05, 0.1) is 16.9 Å². The number of nitrogens with zero attached hydrogens (tertiary/aromatic N) is 2. The fourth-order valence-corrected chi connectivity index (χ4v) is 3.89. The summed E-state index contributed by atoms with van der Waals surface area (Å²) < 4.78 is 18.9. The van der Waals surface area contributed by atoms with E-state index in [0.29, 0.717) is 11.3 Å². The number of amides is 3. The number of halogens is 1. The summed E-state index contributed by atoms with van der Waals surface area (Å²) in [6.07, 6.45) is 0.0820. The fourth-order valence-electron chi connectivity index (χ4n) is 3.89. The average molecular weight is 411 g/mol. The monoisotopic (exact) mass is 411 g/mol. The van der Waals surface area contributed by atoms with E-state index in [-0.39, 0.29) is 24.4 Å². The van der Waals surface area contributed by atoms with E-state index < -0.39 is 35.9 Å². The number of hydrogen-bond donors (Lipinski definition) is 1. The van der Waals surface area contributed by atoms with Crippen molar-refractivity contribution < 1.29 is 28.3 Å². The number of likely N-dealkylation sites (N-methyl/N-ethyl adjacent to an activating group) is 1. The topological polar surface area (TPSA) is 96.0 Å². The lowest BCUT2D eigenvalue weighted by Crippen LogP contribution is -2.67. The molecule has 2 aromatic carbocycles. The number of nitrogens with one attached hydrogen (secondary N) is 1. The molecule has 0 saturated carbocycles. The quantitative estimate of drug-likeness (QED) is 0.776. The minimum Gasteiger partial charge on any atom is -0.452 e. The van der Waals surface area contributed by atoms with Gasteiger partial charge in [0, 0.05) is 19.9 Å². The average Bonchev–Trinajstić information content (AvgIpc) is 3.10. The Bertz CT molecular complexity index is 1070. The Kier molecular flexibility index (Phi) is 4.73. The van der Waals surface area contributed by atoms with E-state index in [2.05, 4.69) is 5.32 Å². The molecule has 0 unspecified atom stereocenters. The van der Waals surface area contributed by atoms with Crippen LogP contribution in [0.4, 0.5) is 15.8 Å². The number of anilines is 2. The molecule has 0 aliphatic carbocycles. The van der Waals surface area contributed by atoms with E-state index in [1.165, 1.54) is 35.0 Å². The minimum atomic E-state index is -1.67. The molecular formula is C21H18FN3O5. The van der Waals surface area contributed by atoms with E-state index in [9.17, 15) is 23.6 Å². The zero-order chi connectivity index (χ0) is 21.5. The summed E-state index contributed by atoms with van der Waals surface area (Å²) in [4.78, 5) is 53.1. The molecule has 3 amide bonds. The first-order chi connectivity index (χ1) is 14.4. The predicted molar refractivity (Wildman–Crippen MR) is 104 cm³/mol. The molecule has 30 heavy (non-hydrogen) atoms. The van der Waals surface area contributed by atoms with Gasteiger partial charge in [-0.05, 0) is 24.3 Å². The third kappa shape index (κ3) is 2.90. The summed E-state index contributed by atoms with van der Waals surface area (Å²) in [6.45, 7) is -0.694. The Hall–Kier alpha value is -3.75. The summed E-state index contributed by atoms with van der Waals surface area (Å²) in [5.74, 6) is -3.02. The smallest absolute Gasteiger partial charge is 0.354 e. The van der Waals surface area contributed by atoms with Gasteiger partial charge in [0.1, 0.15) is 5.82 Å². The van der Waals surface area contributed by atoms with E-state index in [4.69, 9.17) is 4.74 Å². The van der Waals surface area contributed by atoms with Gasteiger partial charge in [-0.25, -0.2) is 9.18 Å². The van der Waals surface area contributed by atoms with Crippen LogP contribution in [0, 0.1) is 5.82 Å². The van der Waals surface area contributed by atoms with Crippen LogP contribution in [-0.4, -0.2) is 47.9 Å². The van der Waals surface area contributed by atoms with Gasteiger partial charge in [0.15, 0.2) is 6.61 Å². The van der Waals surface area contributed by atoms with Crippen molar-refractivity contribution in [1.82, 2.24) is 4.90 Å². The van der Waals surface area contributed by atoms with Crippen LogP contribution < -0.4 is 10.2 Å². The molecule has 0 radical (unpaired) electrons. The number of ether oxygens (including phenoxy) is 1. The lowest BCUT2D eigenvalue weighted by atomic mass is 9.97. The van der Waals surface area contributed by atoms with Gasteiger partial charge in [-0.15, -0.1) is 0 Å². The highest BCUT2D eigenvalue weighted by atomic mass is 19.1. The van der Waals surface area contributed by atoms with Crippen molar-refractivity contribution >= 4 is 35.1 Å². The van der Waals surface area contributed by atoms with Crippen molar-refractivity contribution in [3.8, 4) is 0 Å². The molecule has 8 nitrogen and oxygen atoms in total. The summed E-state index contributed by atoms with van der Waals surface area (Å²) >= 11 is 0. The summed E-state index contributed by atoms with van der Waals surface area (Å²) in [5.41, 5.74) is -1.08. The van der Waals surface area contributed by atoms with Crippen LogP contribution in [0.1, 0.15) is 23.2 Å². The molecule has 0 spiro atoms. The molecule has 0 aromatic heterocycles. The van der Waals surface area contributed by atoms with Crippen LogP contribution in [0.2, 0.25) is 0 Å². The van der Waals surface area contributed by atoms with Crippen molar-refractivity contribution in [3.63, 3.8) is 0 Å². The highest BCUT2D eigenvalue weighted by Crippen LogP contribution is 2.44. The van der Waals surface area contributed by atoms with Crippen LogP contribution >= 0.6 is 0 Å². The Morgan fingerprint density at radius 2 is 1.83 bits per heavy atom. The molecule has 4 rings (SSSR count). The van der Waals surface area contributed by atoms with Crippen molar-refractivity contribution in [2.45, 2.75) is 18.5 Å². The molecule has 1 N–H and O–H groups in total. The normalized spacial score (nSPS) is 19.9. The third-order valence-electron chi connectivity index (χ3n) is 5.35. The maximum absolute atomic E-state index is 13.7. The highest BCUT2D eigenvalue weighted by Gasteiger charge is 2.60. The Labute approximate surface area is 171 Å². The Balaban J connectivity index is 1.57. The first kappa shape index (κ1) is 19.6. The number of carbonyl (C=O) groups is 4. The lowest BCUT2D eigenvalue weighted by molar-refractivity contribution is -0.158. The largest absolute Gasteiger partial charge is 0.452 e. The first-order valence-electron chi connectivity index (χ1n) is 9.28. The summed E-state index contributed by atoms with van der Waals surface area (Å²) in [6, 6.07) is 12.1. The second-order valence-corrected chi connectivity index (χ2v) is 7.03. The zero-order valence-electron chi connectivity index (χ0n) is 16.1. The van der Waals surface area contributed by atoms with Gasteiger partial charge in [0.25, 0.3) is 11.8 Å². The summed E-state index contributed by atoms with van der Waals surface area (Å²) in [5, 5.41) is 2.32. The van der Waals surface area contributed by atoms with Crippen molar-refractivity contribution in [1.29, 1.82) is 0 Å².